The Hall–Kier alpha value is -1.59. The lowest BCUT2D eigenvalue weighted by atomic mass is 9.83. The summed E-state index contributed by atoms with van der Waals surface area (Å²) in [6, 6.07) is 2.41. The lowest BCUT2D eigenvalue weighted by Crippen LogP contribution is -2.36. The molecule has 0 amide bonds. The summed E-state index contributed by atoms with van der Waals surface area (Å²) in [6.45, 7) is 1.81. The molecule has 0 saturated heterocycles. The number of carboxylic acids is 1. The standard InChI is InChI=1S/C11H10F4O2/c1-10(2,11(13,14)15)6-3-4-7(9(16)17)8(12)5-6/h3-5H,1-2H3,(H,16,17). The number of benzene rings is 1. The molecule has 1 aromatic rings. The fourth-order valence-corrected chi connectivity index (χ4v) is 1.24. The summed E-state index contributed by atoms with van der Waals surface area (Å²) >= 11 is 0. The van der Waals surface area contributed by atoms with E-state index in [0.717, 1.165) is 26.0 Å². The maximum absolute atomic E-state index is 13.3. The second-order valence-corrected chi connectivity index (χ2v) is 4.12. The van der Waals surface area contributed by atoms with Gasteiger partial charge in [-0.2, -0.15) is 13.2 Å². The number of halogens is 4. The highest BCUT2D eigenvalue weighted by Gasteiger charge is 2.48. The molecule has 1 aromatic carbocycles. The third-order valence-corrected chi connectivity index (χ3v) is 2.63. The number of rotatable bonds is 2. The Balaban J connectivity index is 3.28. The van der Waals surface area contributed by atoms with Crippen LogP contribution in [-0.2, 0) is 5.41 Å². The molecule has 0 radical (unpaired) electrons. The molecule has 6 heteroatoms. The average Bonchev–Trinajstić information content (AvgIpc) is 2.14. The van der Waals surface area contributed by atoms with Gasteiger partial charge in [0.25, 0.3) is 0 Å². The Kier molecular flexibility index (Phi) is 3.18. The van der Waals surface area contributed by atoms with Gasteiger partial charge in [0.05, 0.1) is 11.0 Å². The van der Waals surface area contributed by atoms with E-state index in [2.05, 4.69) is 0 Å². The van der Waals surface area contributed by atoms with Crippen molar-refractivity contribution in [3.8, 4) is 0 Å². The number of carbonyl (C=O) groups is 1. The van der Waals surface area contributed by atoms with Crippen LogP contribution in [0.25, 0.3) is 0 Å². The van der Waals surface area contributed by atoms with Crippen molar-refractivity contribution in [2.45, 2.75) is 25.4 Å². The van der Waals surface area contributed by atoms with E-state index in [1.807, 2.05) is 0 Å². The fourth-order valence-electron chi connectivity index (χ4n) is 1.24. The molecule has 1 N–H and O–H groups in total. The zero-order valence-corrected chi connectivity index (χ0v) is 9.10. The van der Waals surface area contributed by atoms with Gasteiger partial charge in [-0.1, -0.05) is 6.07 Å². The van der Waals surface area contributed by atoms with Gasteiger partial charge in [-0.3, -0.25) is 0 Å². The maximum Gasteiger partial charge on any atom is 0.397 e. The first-order valence-corrected chi connectivity index (χ1v) is 4.67. The van der Waals surface area contributed by atoms with Crippen molar-refractivity contribution in [3.63, 3.8) is 0 Å². The minimum Gasteiger partial charge on any atom is -0.478 e. The Morgan fingerprint density at radius 2 is 1.76 bits per heavy atom. The van der Waals surface area contributed by atoms with Crippen LogP contribution >= 0.6 is 0 Å². The first-order chi connectivity index (χ1) is 7.57. The maximum atomic E-state index is 13.3. The highest BCUT2D eigenvalue weighted by molar-refractivity contribution is 5.87. The van der Waals surface area contributed by atoms with Crippen LogP contribution in [0, 0.1) is 5.82 Å². The molecule has 0 aromatic heterocycles. The smallest absolute Gasteiger partial charge is 0.397 e. The van der Waals surface area contributed by atoms with E-state index in [-0.39, 0.29) is 5.56 Å². The summed E-state index contributed by atoms with van der Waals surface area (Å²) in [5.41, 5.74) is -3.19. The summed E-state index contributed by atoms with van der Waals surface area (Å²) in [4.78, 5) is 10.5. The van der Waals surface area contributed by atoms with Crippen molar-refractivity contribution in [2.75, 3.05) is 0 Å². The normalized spacial score (nSPS) is 12.6. The quantitative estimate of drug-likeness (QED) is 0.817. The molecule has 0 aliphatic heterocycles. The van der Waals surface area contributed by atoms with E-state index in [9.17, 15) is 22.4 Å². The molecule has 0 heterocycles. The fraction of sp³-hybridized carbons (Fsp3) is 0.364. The second kappa shape index (κ2) is 4.01. The van der Waals surface area contributed by atoms with E-state index in [1.165, 1.54) is 0 Å². The summed E-state index contributed by atoms with van der Waals surface area (Å²) in [5.74, 6) is -2.69. The van der Waals surface area contributed by atoms with Crippen molar-refractivity contribution in [2.24, 2.45) is 0 Å². The molecule has 17 heavy (non-hydrogen) atoms. The molecule has 0 spiro atoms. The van der Waals surface area contributed by atoms with Gasteiger partial charge in [-0.15, -0.1) is 0 Å². The minimum atomic E-state index is -4.54. The molecule has 2 nitrogen and oxygen atoms in total. The largest absolute Gasteiger partial charge is 0.478 e. The molecule has 0 atom stereocenters. The number of hydrogen-bond acceptors (Lipinski definition) is 1. The van der Waals surface area contributed by atoms with Crippen LogP contribution in [0.4, 0.5) is 17.6 Å². The number of carboxylic acid groups (broad SMARTS) is 1. The Morgan fingerprint density at radius 3 is 2.12 bits per heavy atom. The van der Waals surface area contributed by atoms with Crippen LogP contribution in [0.1, 0.15) is 29.8 Å². The molecular formula is C11H10F4O2. The zero-order valence-electron chi connectivity index (χ0n) is 9.10. The number of hydrogen-bond donors (Lipinski definition) is 1. The van der Waals surface area contributed by atoms with Crippen LogP contribution < -0.4 is 0 Å². The Morgan fingerprint density at radius 1 is 1.24 bits per heavy atom. The van der Waals surface area contributed by atoms with E-state index in [4.69, 9.17) is 5.11 Å². The summed E-state index contributed by atoms with van der Waals surface area (Å²) in [7, 11) is 0. The van der Waals surface area contributed by atoms with Gasteiger partial charge in [0.15, 0.2) is 0 Å². The minimum absolute atomic E-state index is 0.312. The molecule has 0 saturated carbocycles. The predicted octanol–water partition coefficient (Wildman–Crippen LogP) is 3.36. The lowest BCUT2D eigenvalue weighted by molar-refractivity contribution is -0.180. The second-order valence-electron chi connectivity index (χ2n) is 4.12. The van der Waals surface area contributed by atoms with Gasteiger partial charge < -0.3 is 5.11 Å². The number of aromatic carboxylic acids is 1. The van der Waals surface area contributed by atoms with Gasteiger partial charge in [0.1, 0.15) is 5.82 Å². The van der Waals surface area contributed by atoms with Gasteiger partial charge in [-0.25, -0.2) is 9.18 Å². The molecular weight excluding hydrogens is 240 g/mol. The van der Waals surface area contributed by atoms with E-state index < -0.39 is 28.9 Å². The van der Waals surface area contributed by atoms with E-state index in [0.29, 0.717) is 6.07 Å². The molecule has 94 valence electrons. The zero-order chi connectivity index (χ0) is 13.4. The molecule has 1 rings (SSSR count). The monoisotopic (exact) mass is 250 g/mol. The van der Waals surface area contributed by atoms with Crippen LogP contribution in [0.2, 0.25) is 0 Å². The molecule has 0 aliphatic rings. The van der Waals surface area contributed by atoms with Gasteiger partial charge in [-0.05, 0) is 31.5 Å². The Labute approximate surface area is 94.9 Å². The predicted molar refractivity (Wildman–Crippen MR) is 52.4 cm³/mol. The first kappa shape index (κ1) is 13.5. The van der Waals surface area contributed by atoms with Crippen molar-refractivity contribution in [1.82, 2.24) is 0 Å². The molecule has 0 bridgehead atoms. The van der Waals surface area contributed by atoms with Crippen LogP contribution in [-0.4, -0.2) is 17.3 Å². The summed E-state index contributed by atoms with van der Waals surface area (Å²) in [5, 5.41) is 8.56. The van der Waals surface area contributed by atoms with Crippen molar-refractivity contribution in [1.29, 1.82) is 0 Å². The van der Waals surface area contributed by atoms with Crippen LogP contribution in [0.15, 0.2) is 18.2 Å². The van der Waals surface area contributed by atoms with Crippen molar-refractivity contribution >= 4 is 5.97 Å². The van der Waals surface area contributed by atoms with Crippen LogP contribution in [0.3, 0.4) is 0 Å². The Bertz CT molecular complexity index is 449. The molecule has 0 unspecified atom stereocenters. The average molecular weight is 250 g/mol. The van der Waals surface area contributed by atoms with Crippen molar-refractivity contribution < 1.29 is 27.5 Å². The lowest BCUT2D eigenvalue weighted by Gasteiger charge is -2.28. The highest BCUT2D eigenvalue weighted by Crippen LogP contribution is 2.40. The van der Waals surface area contributed by atoms with E-state index in [1.54, 1.807) is 0 Å². The highest BCUT2D eigenvalue weighted by atomic mass is 19.4. The molecule has 0 aliphatic carbocycles. The van der Waals surface area contributed by atoms with Gasteiger partial charge in [0, 0.05) is 0 Å². The SMILES string of the molecule is CC(C)(c1ccc(C(=O)O)c(F)c1)C(F)(F)F. The topological polar surface area (TPSA) is 37.3 Å². The van der Waals surface area contributed by atoms with Gasteiger partial charge in [0.2, 0.25) is 0 Å². The van der Waals surface area contributed by atoms with Crippen LogP contribution in [0.5, 0.6) is 0 Å². The summed E-state index contributed by atoms with van der Waals surface area (Å²) < 4.78 is 51.3. The number of alkyl halides is 3. The van der Waals surface area contributed by atoms with E-state index >= 15 is 0 Å². The third kappa shape index (κ3) is 2.40. The van der Waals surface area contributed by atoms with Crippen molar-refractivity contribution in [3.05, 3.63) is 35.1 Å². The van der Waals surface area contributed by atoms with Gasteiger partial charge >= 0.3 is 12.1 Å². The first-order valence-electron chi connectivity index (χ1n) is 4.67. The third-order valence-electron chi connectivity index (χ3n) is 2.63. The molecule has 0 fully saturated rings. The summed E-state index contributed by atoms with van der Waals surface area (Å²) in [6.07, 6.45) is -4.54.